The highest BCUT2D eigenvalue weighted by Crippen LogP contribution is 2.33. The Bertz CT molecular complexity index is 1210. The molecule has 0 aliphatic carbocycles. The third-order valence-electron chi connectivity index (χ3n) is 5.27. The summed E-state index contributed by atoms with van der Waals surface area (Å²) in [5.74, 6) is 0.261. The van der Waals surface area contributed by atoms with E-state index in [-0.39, 0.29) is 29.3 Å². The molecule has 0 radical (unpaired) electrons. The fourth-order valence-electron chi connectivity index (χ4n) is 3.62. The van der Waals surface area contributed by atoms with Gasteiger partial charge in [0.2, 0.25) is 0 Å². The van der Waals surface area contributed by atoms with Gasteiger partial charge >= 0.3 is 12.3 Å². The molecule has 0 spiro atoms. The fraction of sp³-hybridized carbons (Fsp3) is 0.300. The van der Waals surface area contributed by atoms with Gasteiger partial charge in [-0.05, 0) is 24.1 Å². The van der Waals surface area contributed by atoms with Crippen LogP contribution in [0.1, 0.15) is 12.0 Å². The van der Waals surface area contributed by atoms with Crippen molar-refractivity contribution in [3.63, 3.8) is 0 Å². The number of likely N-dealkylation sites (tertiary alicyclic amines) is 1. The lowest BCUT2D eigenvalue weighted by Crippen LogP contribution is -2.30. The molecule has 1 atom stereocenters. The molecule has 0 bridgehead atoms. The number of benzene rings is 1. The summed E-state index contributed by atoms with van der Waals surface area (Å²) in [5.41, 5.74) is 0.0106. The van der Waals surface area contributed by atoms with Gasteiger partial charge in [-0.1, -0.05) is 12.1 Å². The van der Waals surface area contributed by atoms with Gasteiger partial charge in [0.05, 0.1) is 17.4 Å². The van der Waals surface area contributed by atoms with E-state index in [1.165, 1.54) is 41.2 Å². The number of anilines is 1. The van der Waals surface area contributed by atoms with Crippen LogP contribution in [0, 0.1) is 0 Å². The molecule has 0 saturated carbocycles. The number of alkyl halides is 3. The SMILES string of the molecule is Cn1cnc2c(-c3ccc(C(F)(F)F)cc3)cnc(N[C@H]3CCN(C(=O)O)C3)c2c1=O. The van der Waals surface area contributed by atoms with E-state index < -0.39 is 17.8 Å². The van der Waals surface area contributed by atoms with Crippen molar-refractivity contribution < 1.29 is 23.1 Å². The number of carboxylic acid groups (broad SMARTS) is 1. The number of pyridine rings is 1. The van der Waals surface area contributed by atoms with Crippen LogP contribution >= 0.6 is 0 Å². The summed E-state index contributed by atoms with van der Waals surface area (Å²) in [4.78, 5) is 33.9. The quantitative estimate of drug-likeness (QED) is 0.658. The van der Waals surface area contributed by atoms with Gasteiger partial charge in [0.1, 0.15) is 11.2 Å². The van der Waals surface area contributed by atoms with Crippen molar-refractivity contribution in [1.29, 1.82) is 0 Å². The van der Waals surface area contributed by atoms with Crippen molar-refractivity contribution in [3.05, 3.63) is 52.7 Å². The predicted molar refractivity (Wildman–Crippen MR) is 107 cm³/mol. The van der Waals surface area contributed by atoms with Crippen molar-refractivity contribution in [3.8, 4) is 11.1 Å². The first-order valence-corrected chi connectivity index (χ1v) is 9.41. The summed E-state index contributed by atoms with van der Waals surface area (Å²) in [6, 6.07) is 4.33. The number of aryl methyl sites for hydroxylation is 1. The Hall–Kier alpha value is -3.63. The maximum Gasteiger partial charge on any atom is 0.416 e. The molecular formula is C20H18F3N5O3. The molecular weight excluding hydrogens is 415 g/mol. The van der Waals surface area contributed by atoms with E-state index >= 15 is 0 Å². The third kappa shape index (κ3) is 3.90. The number of hydrogen-bond acceptors (Lipinski definition) is 5. The Morgan fingerprint density at radius 3 is 2.55 bits per heavy atom. The number of amides is 1. The van der Waals surface area contributed by atoms with Gasteiger partial charge in [0.15, 0.2) is 0 Å². The van der Waals surface area contributed by atoms with Crippen LogP contribution in [0.4, 0.5) is 23.8 Å². The van der Waals surface area contributed by atoms with Gasteiger partial charge in [-0.3, -0.25) is 4.79 Å². The Balaban J connectivity index is 1.76. The molecule has 1 aliphatic rings. The van der Waals surface area contributed by atoms with Crippen molar-refractivity contribution in [2.75, 3.05) is 18.4 Å². The van der Waals surface area contributed by atoms with Crippen LogP contribution in [-0.2, 0) is 13.2 Å². The fourth-order valence-corrected chi connectivity index (χ4v) is 3.62. The number of nitrogens with one attached hydrogen (secondary N) is 1. The summed E-state index contributed by atoms with van der Waals surface area (Å²) in [6.07, 6.45) is -2.13. The van der Waals surface area contributed by atoms with E-state index in [4.69, 9.17) is 5.11 Å². The number of fused-ring (bicyclic) bond motifs is 1. The van der Waals surface area contributed by atoms with Crippen molar-refractivity contribution in [2.24, 2.45) is 7.05 Å². The molecule has 2 aromatic heterocycles. The van der Waals surface area contributed by atoms with Crippen LogP contribution in [0.3, 0.4) is 0 Å². The zero-order chi connectivity index (χ0) is 22.3. The minimum Gasteiger partial charge on any atom is -0.465 e. The first kappa shape index (κ1) is 20.6. The molecule has 31 heavy (non-hydrogen) atoms. The van der Waals surface area contributed by atoms with Gasteiger partial charge in [0.25, 0.3) is 5.56 Å². The first-order valence-electron chi connectivity index (χ1n) is 9.41. The molecule has 1 aromatic carbocycles. The monoisotopic (exact) mass is 433 g/mol. The molecule has 8 nitrogen and oxygen atoms in total. The Morgan fingerprint density at radius 1 is 1.23 bits per heavy atom. The zero-order valence-electron chi connectivity index (χ0n) is 16.3. The number of carbonyl (C=O) groups is 1. The highest BCUT2D eigenvalue weighted by atomic mass is 19.4. The van der Waals surface area contributed by atoms with Crippen LogP contribution in [0.2, 0.25) is 0 Å². The van der Waals surface area contributed by atoms with E-state index in [1.54, 1.807) is 0 Å². The molecule has 11 heteroatoms. The van der Waals surface area contributed by atoms with E-state index in [9.17, 15) is 22.8 Å². The van der Waals surface area contributed by atoms with Crippen LogP contribution in [0.15, 0.2) is 41.6 Å². The summed E-state index contributed by atoms with van der Waals surface area (Å²) in [6.45, 7) is 0.616. The molecule has 0 unspecified atom stereocenters. The highest BCUT2D eigenvalue weighted by Gasteiger charge is 2.30. The highest BCUT2D eigenvalue weighted by molar-refractivity contribution is 5.98. The summed E-state index contributed by atoms with van der Waals surface area (Å²) in [7, 11) is 1.53. The van der Waals surface area contributed by atoms with Crippen LogP contribution < -0.4 is 10.9 Å². The average Bonchev–Trinajstić information content (AvgIpc) is 3.19. The topological polar surface area (TPSA) is 100 Å². The van der Waals surface area contributed by atoms with Crippen LogP contribution in [0.25, 0.3) is 22.0 Å². The minimum atomic E-state index is -4.45. The Kier molecular flexibility index (Phi) is 5.03. The normalized spacial score (nSPS) is 16.6. The molecule has 3 heterocycles. The number of rotatable bonds is 3. The number of halogens is 3. The standard InChI is InChI=1S/C20H18F3N5O3/c1-27-10-25-16-14(11-2-4-12(5-3-11)20(21,22)23)8-24-17(15(16)18(27)29)26-13-6-7-28(9-13)19(30)31/h2-5,8,10,13H,6-7,9H2,1H3,(H,24,26)(H,30,31)/t13-/m0/s1. The minimum absolute atomic E-state index is 0.191. The van der Waals surface area contributed by atoms with Gasteiger partial charge in [-0.25, -0.2) is 14.8 Å². The number of hydrogen-bond donors (Lipinski definition) is 2. The predicted octanol–water partition coefficient (Wildman–Crippen LogP) is 3.18. The summed E-state index contributed by atoms with van der Waals surface area (Å²) in [5, 5.41) is 12.4. The second-order valence-corrected chi connectivity index (χ2v) is 7.34. The second-order valence-electron chi connectivity index (χ2n) is 7.34. The molecule has 1 amide bonds. The Morgan fingerprint density at radius 2 is 1.94 bits per heavy atom. The van der Waals surface area contributed by atoms with Gasteiger partial charge in [-0.2, -0.15) is 13.2 Å². The lowest BCUT2D eigenvalue weighted by molar-refractivity contribution is -0.137. The first-order chi connectivity index (χ1) is 14.6. The molecule has 3 aromatic rings. The van der Waals surface area contributed by atoms with Crippen molar-refractivity contribution in [1.82, 2.24) is 19.4 Å². The van der Waals surface area contributed by atoms with E-state index in [2.05, 4.69) is 15.3 Å². The van der Waals surface area contributed by atoms with Gasteiger partial charge in [-0.15, -0.1) is 0 Å². The Labute approximate surface area is 174 Å². The lowest BCUT2D eigenvalue weighted by atomic mass is 10.0. The molecule has 1 saturated heterocycles. The summed E-state index contributed by atoms with van der Waals surface area (Å²) < 4.78 is 39.9. The van der Waals surface area contributed by atoms with Gasteiger partial charge < -0.3 is 19.9 Å². The van der Waals surface area contributed by atoms with Crippen LogP contribution in [-0.4, -0.2) is 49.8 Å². The number of aromatic nitrogens is 3. The van der Waals surface area contributed by atoms with Crippen LogP contribution in [0.5, 0.6) is 0 Å². The van der Waals surface area contributed by atoms with Crippen molar-refractivity contribution >= 4 is 22.8 Å². The summed E-state index contributed by atoms with van der Waals surface area (Å²) >= 11 is 0. The smallest absolute Gasteiger partial charge is 0.416 e. The van der Waals surface area contributed by atoms with Gasteiger partial charge in [0, 0.05) is 37.9 Å². The van der Waals surface area contributed by atoms with Crippen molar-refractivity contribution in [2.45, 2.75) is 18.6 Å². The molecule has 1 fully saturated rings. The molecule has 162 valence electrons. The number of nitrogens with zero attached hydrogens (tertiary/aromatic N) is 4. The maximum atomic E-state index is 12.9. The molecule has 1 aliphatic heterocycles. The zero-order valence-corrected chi connectivity index (χ0v) is 16.3. The molecule has 4 rings (SSSR count). The van der Waals surface area contributed by atoms with E-state index in [1.807, 2.05) is 0 Å². The lowest BCUT2D eigenvalue weighted by Gasteiger charge is -2.17. The third-order valence-corrected chi connectivity index (χ3v) is 5.27. The maximum absolute atomic E-state index is 12.9. The second kappa shape index (κ2) is 7.56. The van der Waals surface area contributed by atoms with E-state index in [0.717, 1.165) is 12.1 Å². The average molecular weight is 433 g/mol. The largest absolute Gasteiger partial charge is 0.465 e. The molecule has 2 N–H and O–H groups in total. The van der Waals surface area contributed by atoms with E-state index in [0.29, 0.717) is 29.6 Å².